The van der Waals surface area contributed by atoms with Crippen LogP contribution >= 0.6 is 11.6 Å². The van der Waals surface area contributed by atoms with E-state index in [0.29, 0.717) is 23.0 Å². The Morgan fingerprint density at radius 1 is 1.11 bits per heavy atom. The summed E-state index contributed by atoms with van der Waals surface area (Å²) in [6, 6.07) is 15.3. The van der Waals surface area contributed by atoms with E-state index in [1.54, 1.807) is 12.0 Å². The maximum Gasteiger partial charge on any atom is 0.271 e. The van der Waals surface area contributed by atoms with Crippen molar-refractivity contribution in [3.63, 3.8) is 0 Å². The van der Waals surface area contributed by atoms with E-state index in [1.807, 2.05) is 60.0 Å². The second kappa shape index (κ2) is 9.57. The summed E-state index contributed by atoms with van der Waals surface area (Å²) in [5, 5.41) is 4.84. The average molecular weight is 494 g/mol. The molecule has 0 bridgehead atoms. The van der Waals surface area contributed by atoms with Crippen LogP contribution in [-0.4, -0.2) is 40.0 Å². The molecule has 1 aromatic heterocycles. The number of nitrogens with zero attached hydrogens (tertiary/aromatic N) is 2. The quantitative estimate of drug-likeness (QED) is 0.473. The molecule has 1 aliphatic heterocycles. The fourth-order valence-corrected chi connectivity index (χ4v) is 5.66. The van der Waals surface area contributed by atoms with Crippen molar-refractivity contribution in [3.8, 4) is 5.75 Å². The van der Waals surface area contributed by atoms with Crippen LogP contribution in [0.25, 0.3) is 10.9 Å². The Hall–Kier alpha value is -2.99. The van der Waals surface area contributed by atoms with Crippen molar-refractivity contribution in [2.24, 2.45) is 0 Å². The van der Waals surface area contributed by atoms with Gasteiger partial charge in [-0.15, -0.1) is 0 Å². The van der Waals surface area contributed by atoms with E-state index >= 15 is 0 Å². The molecule has 0 radical (unpaired) electrons. The number of rotatable bonds is 5. The van der Waals surface area contributed by atoms with Gasteiger partial charge in [0.1, 0.15) is 17.0 Å². The van der Waals surface area contributed by atoms with Crippen molar-refractivity contribution in [1.82, 2.24) is 14.8 Å². The summed E-state index contributed by atoms with van der Waals surface area (Å²) >= 11 is 6.48. The molecule has 1 unspecified atom stereocenters. The van der Waals surface area contributed by atoms with E-state index in [9.17, 15) is 9.59 Å². The first-order valence-electron chi connectivity index (χ1n) is 12.4. The van der Waals surface area contributed by atoms with Gasteiger partial charge in [-0.05, 0) is 49.6 Å². The van der Waals surface area contributed by atoms with E-state index in [0.717, 1.165) is 42.1 Å². The third-order valence-electron chi connectivity index (χ3n) is 7.60. The zero-order chi connectivity index (χ0) is 24.6. The van der Waals surface area contributed by atoms with Crippen LogP contribution in [0.5, 0.6) is 5.75 Å². The maximum absolute atomic E-state index is 14.0. The third-order valence-corrected chi connectivity index (χ3v) is 7.97. The standard InChI is InChI=1S/C28H32ClN3O3/c1-28(27(34)30-21-10-5-3-4-6-11-21)18-31-24-16-22(35-2)14-13-19(24)15-25(31)26(33)32(28)17-20-9-7-8-12-23(20)29/h7-9,12-16,21H,3-6,10-11,17-18H2,1-2H3,(H,30,34). The number of ether oxygens (including phenoxy) is 1. The number of hydrogen-bond donors (Lipinski definition) is 1. The molecule has 0 saturated heterocycles. The highest BCUT2D eigenvalue weighted by atomic mass is 35.5. The van der Waals surface area contributed by atoms with Crippen LogP contribution < -0.4 is 10.1 Å². The summed E-state index contributed by atoms with van der Waals surface area (Å²) in [5.74, 6) is 0.430. The first-order valence-corrected chi connectivity index (χ1v) is 12.8. The molecule has 6 nitrogen and oxygen atoms in total. The van der Waals surface area contributed by atoms with Crippen LogP contribution in [0, 0.1) is 0 Å². The molecule has 2 amide bonds. The van der Waals surface area contributed by atoms with E-state index in [2.05, 4.69) is 5.32 Å². The van der Waals surface area contributed by atoms with Crippen LogP contribution in [0.3, 0.4) is 0 Å². The van der Waals surface area contributed by atoms with Crippen LogP contribution in [-0.2, 0) is 17.9 Å². The second-order valence-corrected chi connectivity index (χ2v) is 10.4. The van der Waals surface area contributed by atoms with Crippen LogP contribution in [0.4, 0.5) is 0 Å². The Labute approximate surface area is 211 Å². The molecular formula is C28H32ClN3O3. The predicted octanol–water partition coefficient (Wildman–Crippen LogP) is 5.56. The first-order chi connectivity index (χ1) is 16.9. The van der Waals surface area contributed by atoms with Crippen LogP contribution in [0.2, 0.25) is 5.02 Å². The maximum atomic E-state index is 14.0. The fraction of sp³-hybridized carbons (Fsp3) is 0.429. The number of hydrogen-bond acceptors (Lipinski definition) is 3. The smallest absolute Gasteiger partial charge is 0.271 e. The molecule has 3 aromatic rings. The molecule has 1 saturated carbocycles. The van der Waals surface area contributed by atoms with Crippen molar-refractivity contribution in [2.75, 3.05) is 7.11 Å². The molecule has 184 valence electrons. The van der Waals surface area contributed by atoms with Crippen LogP contribution in [0.15, 0.2) is 48.5 Å². The van der Waals surface area contributed by atoms with Gasteiger partial charge in [-0.25, -0.2) is 0 Å². The molecule has 35 heavy (non-hydrogen) atoms. The zero-order valence-corrected chi connectivity index (χ0v) is 21.1. The fourth-order valence-electron chi connectivity index (χ4n) is 5.47. The highest BCUT2D eigenvalue weighted by molar-refractivity contribution is 6.31. The van der Waals surface area contributed by atoms with Gasteiger partial charge in [-0.3, -0.25) is 9.59 Å². The molecule has 5 rings (SSSR count). The first kappa shape index (κ1) is 23.7. The van der Waals surface area contributed by atoms with Gasteiger partial charge in [0.15, 0.2) is 0 Å². The molecule has 1 fully saturated rings. The lowest BCUT2D eigenvalue weighted by Crippen LogP contribution is -2.64. The van der Waals surface area contributed by atoms with E-state index in [4.69, 9.17) is 16.3 Å². The highest BCUT2D eigenvalue weighted by Gasteiger charge is 2.48. The second-order valence-electron chi connectivity index (χ2n) is 9.96. The minimum absolute atomic E-state index is 0.111. The predicted molar refractivity (Wildman–Crippen MR) is 138 cm³/mol. The summed E-state index contributed by atoms with van der Waals surface area (Å²) in [4.78, 5) is 29.6. The minimum atomic E-state index is -1.08. The third kappa shape index (κ3) is 4.40. The van der Waals surface area contributed by atoms with Crippen molar-refractivity contribution in [3.05, 3.63) is 64.8 Å². The van der Waals surface area contributed by atoms with Gasteiger partial charge in [-0.1, -0.05) is 55.5 Å². The van der Waals surface area contributed by atoms with Gasteiger partial charge in [0.2, 0.25) is 5.91 Å². The van der Waals surface area contributed by atoms with Gasteiger partial charge >= 0.3 is 0 Å². The van der Waals surface area contributed by atoms with Crippen molar-refractivity contribution in [1.29, 1.82) is 0 Å². The number of amides is 2. The molecule has 0 spiro atoms. The number of methoxy groups -OCH3 is 1. The van der Waals surface area contributed by atoms with Crippen LogP contribution in [0.1, 0.15) is 61.5 Å². The average Bonchev–Trinajstić information content (AvgIpc) is 3.01. The minimum Gasteiger partial charge on any atom is -0.497 e. The van der Waals surface area contributed by atoms with Gasteiger partial charge in [0, 0.05) is 29.1 Å². The van der Waals surface area contributed by atoms with Crippen molar-refractivity contribution in [2.45, 2.75) is 70.1 Å². The molecule has 2 heterocycles. The number of carbonyl (C=O) groups is 2. The lowest BCUT2D eigenvalue weighted by Gasteiger charge is -2.44. The zero-order valence-electron chi connectivity index (χ0n) is 20.4. The molecule has 1 aliphatic carbocycles. The Morgan fingerprint density at radius 2 is 1.86 bits per heavy atom. The summed E-state index contributed by atoms with van der Waals surface area (Å²) < 4.78 is 7.40. The Kier molecular flexibility index (Phi) is 6.49. The normalized spacial score (nSPS) is 21.0. The molecule has 1 atom stereocenters. The molecule has 2 aliphatic rings. The van der Waals surface area contributed by atoms with E-state index < -0.39 is 5.54 Å². The number of fused-ring (bicyclic) bond motifs is 3. The molecule has 1 N–H and O–H groups in total. The largest absolute Gasteiger partial charge is 0.497 e. The lowest BCUT2D eigenvalue weighted by atomic mass is 9.93. The Bertz CT molecular complexity index is 1260. The summed E-state index contributed by atoms with van der Waals surface area (Å²) in [7, 11) is 1.63. The number of nitrogens with one attached hydrogen (secondary N) is 1. The monoisotopic (exact) mass is 493 g/mol. The number of aromatic nitrogens is 1. The van der Waals surface area contributed by atoms with E-state index in [-0.39, 0.29) is 24.4 Å². The summed E-state index contributed by atoms with van der Waals surface area (Å²) in [5.41, 5.74) is 1.20. The number of carbonyl (C=O) groups excluding carboxylic acids is 2. The lowest BCUT2D eigenvalue weighted by molar-refractivity contribution is -0.134. The van der Waals surface area contributed by atoms with Gasteiger partial charge < -0.3 is 19.5 Å². The van der Waals surface area contributed by atoms with Gasteiger partial charge in [0.25, 0.3) is 5.91 Å². The van der Waals surface area contributed by atoms with Crippen molar-refractivity contribution >= 4 is 34.3 Å². The Balaban J connectivity index is 1.56. The topological polar surface area (TPSA) is 63.6 Å². The van der Waals surface area contributed by atoms with Gasteiger partial charge in [-0.2, -0.15) is 0 Å². The number of benzene rings is 2. The summed E-state index contributed by atoms with van der Waals surface area (Å²) in [6.45, 7) is 2.49. The Morgan fingerprint density at radius 3 is 2.57 bits per heavy atom. The highest BCUT2D eigenvalue weighted by Crippen LogP contribution is 2.35. The molecule has 7 heteroatoms. The van der Waals surface area contributed by atoms with E-state index in [1.165, 1.54) is 12.8 Å². The SMILES string of the molecule is COc1ccc2cc3n(c2c1)CC(C)(C(=O)NC1CCCCCC1)N(Cc1ccccc1Cl)C3=O. The molecular weight excluding hydrogens is 462 g/mol. The molecule has 2 aromatic carbocycles. The summed E-state index contributed by atoms with van der Waals surface area (Å²) in [6.07, 6.45) is 6.62. The van der Waals surface area contributed by atoms with Gasteiger partial charge in [0.05, 0.1) is 19.2 Å². The van der Waals surface area contributed by atoms with Crippen molar-refractivity contribution < 1.29 is 14.3 Å². The number of halogens is 1.